The van der Waals surface area contributed by atoms with Crippen molar-refractivity contribution in [2.45, 2.75) is 53.3 Å². The molecule has 1 atom stereocenters. The highest BCUT2D eigenvalue weighted by Gasteiger charge is 2.26. The van der Waals surface area contributed by atoms with E-state index in [1.807, 2.05) is 12.1 Å². The number of carbonyl (C=O) groups is 1. The Hall–Kier alpha value is -4.71. The molecule has 5 rings (SSSR count). The van der Waals surface area contributed by atoms with E-state index in [1.54, 1.807) is 49.7 Å². The number of hydrogen-bond donors (Lipinski definition) is 1. The molecule has 2 aromatic carbocycles. The van der Waals surface area contributed by atoms with Crippen molar-refractivity contribution in [3.05, 3.63) is 70.9 Å². The van der Waals surface area contributed by atoms with E-state index in [2.05, 4.69) is 46.2 Å². The number of likely N-dealkylation sites (N-methyl/N-ethyl adjacent to an activating group) is 1. The van der Waals surface area contributed by atoms with Crippen LogP contribution in [-0.4, -0.2) is 63.1 Å². The number of likely N-dealkylation sites (tertiary alicyclic amines) is 1. The van der Waals surface area contributed by atoms with Crippen LogP contribution in [0.25, 0.3) is 11.0 Å². The lowest BCUT2D eigenvalue weighted by atomic mass is 9.98. The molecule has 232 valence electrons. The summed E-state index contributed by atoms with van der Waals surface area (Å²) in [6.45, 7) is 10.8. The molecule has 44 heavy (non-hydrogen) atoms. The standard InChI is InChI=1S/C32H39N7O5/c1-6-16-37-17-14-25(20-37)36(5)23-12-10-22(11-13-23)33-31-34-28-27(15-18-38(28)21-43-30(40)32(2,3)4)29(35-31)44-26-9-7-8-24(19-26)39(41)42/h7-13,15,18-19,25H,6,14,16-17,20-21H2,1-5H3,(H,33,34,35)/t25-/m0/s1. The van der Waals surface area contributed by atoms with Crippen LogP contribution < -0.4 is 15.0 Å². The van der Waals surface area contributed by atoms with Crippen molar-refractivity contribution in [3.8, 4) is 11.6 Å². The number of nitrogens with one attached hydrogen (secondary N) is 1. The molecule has 12 heteroatoms. The zero-order valence-electron chi connectivity index (χ0n) is 25.8. The minimum absolute atomic E-state index is 0.0514. The minimum atomic E-state index is -0.659. The average Bonchev–Trinajstić information content (AvgIpc) is 3.63. The monoisotopic (exact) mass is 601 g/mol. The van der Waals surface area contributed by atoms with Crippen molar-refractivity contribution in [3.63, 3.8) is 0 Å². The number of nitro groups is 1. The Morgan fingerprint density at radius 3 is 2.64 bits per heavy atom. The molecule has 0 spiro atoms. The van der Waals surface area contributed by atoms with Gasteiger partial charge in [-0.3, -0.25) is 19.5 Å². The fourth-order valence-electron chi connectivity index (χ4n) is 5.16. The van der Waals surface area contributed by atoms with Gasteiger partial charge >= 0.3 is 5.97 Å². The molecule has 0 amide bonds. The van der Waals surface area contributed by atoms with Gasteiger partial charge in [0.2, 0.25) is 11.8 Å². The summed E-state index contributed by atoms with van der Waals surface area (Å²) in [5, 5.41) is 15.1. The molecule has 1 aliphatic heterocycles. The highest BCUT2D eigenvalue weighted by Crippen LogP contribution is 2.32. The third kappa shape index (κ3) is 7.08. The van der Waals surface area contributed by atoms with Gasteiger partial charge in [-0.05, 0) is 76.6 Å². The number of ether oxygens (including phenoxy) is 2. The molecule has 1 saturated heterocycles. The zero-order valence-corrected chi connectivity index (χ0v) is 25.8. The second kappa shape index (κ2) is 12.9. The van der Waals surface area contributed by atoms with Gasteiger partial charge in [-0.25, -0.2) is 0 Å². The van der Waals surface area contributed by atoms with E-state index in [9.17, 15) is 14.9 Å². The van der Waals surface area contributed by atoms with Gasteiger partial charge in [0.15, 0.2) is 12.4 Å². The number of rotatable bonds is 11. The Kier molecular flexibility index (Phi) is 9.00. The molecular weight excluding hydrogens is 562 g/mol. The van der Waals surface area contributed by atoms with Gasteiger partial charge < -0.3 is 24.6 Å². The number of anilines is 3. The van der Waals surface area contributed by atoms with Crippen LogP contribution in [0.3, 0.4) is 0 Å². The minimum Gasteiger partial charge on any atom is -0.443 e. The van der Waals surface area contributed by atoms with Crippen molar-refractivity contribution in [1.82, 2.24) is 19.4 Å². The summed E-state index contributed by atoms with van der Waals surface area (Å²) in [5.41, 5.74) is 1.62. The summed E-state index contributed by atoms with van der Waals surface area (Å²) in [6, 6.07) is 16.2. The summed E-state index contributed by atoms with van der Waals surface area (Å²) in [6.07, 6.45) is 4.03. The summed E-state index contributed by atoms with van der Waals surface area (Å²) in [7, 11) is 2.14. The second-order valence-corrected chi connectivity index (χ2v) is 12.1. The maximum atomic E-state index is 12.4. The van der Waals surface area contributed by atoms with Gasteiger partial charge in [0.05, 0.1) is 21.8 Å². The third-order valence-electron chi connectivity index (χ3n) is 7.64. The highest BCUT2D eigenvalue weighted by molar-refractivity contribution is 5.83. The van der Waals surface area contributed by atoms with E-state index in [-0.39, 0.29) is 36.0 Å². The van der Waals surface area contributed by atoms with E-state index in [4.69, 9.17) is 14.5 Å². The maximum Gasteiger partial charge on any atom is 0.312 e. The fraction of sp³-hybridized carbons (Fsp3) is 0.406. The second-order valence-electron chi connectivity index (χ2n) is 12.1. The smallest absolute Gasteiger partial charge is 0.312 e. The first-order chi connectivity index (χ1) is 21.0. The number of hydrogen-bond acceptors (Lipinski definition) is 10. The molecule has 12 nitrogen and oxygen atoms in total. The Bertz CT molecular complexity index is 1630. The zero-order chi connectivity index (χ0) is 31.4. The molecule has 0 saturated carbocycles. The van der Waals surface area contributed by atoms with Crippen LogP contribution in [0, 0.1) is 15.5 Å². The summed E-state index contributed by atoms with van der Waals surface area (Å²) in [5.74, 6) is 0.370. The summed E-state index contributed by atoms with van der Waals surface area (Å²) in [4.78, 5) is 37.4. The van der Waals surface area contributed by atoms with Crippen LogP contribution >= 0.6 is 0 Å². The van der Waals surface area contributed by atoms with Crippen LogP contribution in [0.1, 0.15) is 40.5 Å². The van der Waals surface area contributed by atoms with Crippen LogP contribution in [-0.2, 0) is 16.3 Å². The molecule has 0 aliphatic carbocycles. The first-order valence-electron chi connectivity index (χ1n) is 14.8. The van der Waals surface area contributed by atoms with Gasteiger partial charge in [-0.15, -0.1) is 0 Å². The molecule has 0 bridgehead atoms. The quantitative estimate of drug-likeness (QED) is 0.118. The normalized spacial score (nSPS) is 15.3. The lowest BCUT2D eigenvalue weighted by Crippen LogP contribution is -2.34. The van der Waals surface area contributed by atoms with Crippen LogP contribution in [0.4, 0.5) is 23.0 Å². The first-order valence-corrected chi connectivity index (χ1v) is 14.8. The Balaban J connectivity index is 1.41. The lowest BCUT2D eigenvalue weighted by Gasteiger charge is -2.27. The number of non-ortho nitro benzene ring substituents is 1. The Morgan fingerprint density at radius 1 is 1.16 bits per heavy atom. The third-order valence-corrected chi connectivity index (χ3v) is 7.64. The van der Waals surface area contributed by atoms with Crippen LogP contribution in [0.15, 0.2) is 60.8 Å². The maximum absolute atomic E-state index is 12.4. The van der Waals surface area contributed by atoms with E-state index in [1.165, 1.54) is 12.1 Å². The summed E-state index contributed by atoms with van der Waals surface area (Å²) >= 11 is 0. The van der Waals surface area contributed by atoms with Gasteiger partial charge in [-0.2, -0.15) is 9.97 Å². The van der Waals surface area contributed by atoms with Gasteiger partial charge in [0.1, 0.15) is 5.75 Å². The lowest BCUT2D eigenvalue weighted by molar-refractivity contribution is -0.384. The molecule has 2 aromatic heterocycles. The van der Waals surface area contributed by atoms with Crippen LogP contribution in [0.2, 0.25) is 0 Å². The number of nitro benzene ring substituents is 1. The number of aromatic nitrogens is 3. The largest absolute Gasteiger partial charge is 0.443 e. The summed E-state index contributed by atoms with van der Waals surface area (Å²) < 4.78 is 13.3. The number of benzene rings is 2. The van der Waals surface area contributed by atoms with Crippen molar-refractivity contribution in [2.24, 2.45) is 5.41 Å². The number of fused-ring (bicyclic) bond motifs is 1. The van der Waals surface area contributed by atoms with Crippen LogP contribution in [0.5, 0.6) is 11.6 Å². The van der Waals surface area contributed by atoms with Crippen molar-refractivity contribution < 1.29 is 19.2 Å². The highest BCUT2D eigenvalue weighted by atomic mass is 16.6. The van der Waals surface area contributed by atoms with E-state index >= 15 is 0 Å². The predicted molar refractivity (Wildman–Crippen MR) is 170 cm³/mol. The molecule has 0 radical (unpaired) electrons. The molecule has 1 N–H and O–H groups in total. The fourth-order valence-corrected chi connectivity index (χ4v) is 5.16. The molecule has 3 heterocycles. The number of esters is 1. The average molecular weight is 602 g/mol. The van der Waals surface area contributed by atoms with E-state index in [0.717, 1.165) is 43.9 Å². The Morgan fingerprint density at radius 2 is 1.93 bits per heavy atom. The van der Waals surface area contributed by atoms with Gasteiger partial charge in [0, 0.05) is 49.8 Å². The predicted octanol–water partition coefficient (Wildman–Crippen LogP) is 6.34. The van der Waals surface area contributed by atoms with Gasteiger partial charge in [0.25, 0.3) is 5.69 Å². The molecule has 1 fully saturated rings. The molecule has 4 aromatic rings. The van der Waals surface area contributed by atoms with Gasteiger partial charge in [-0.1, -0.05) is 13.0 Å². The SMILES string of the molecule is CCCN1CC[C@H](N(C)c2ccc(Nc3nc(Oc4cccc([N+](=O)[O-])c4)c4ccn(COC(=O)C(C)(C)C)c4n3)cc2)C1. The van der Waals surface area contributed by atoms with E-state index < -0.39 is 10.3 Å². The topological polar surface area (TPSA) is 128 Å². The molecular formula is C32H39N7O5. The molecule has 0 unspecified atom stereocenters. The van der Waals surface area contributed by atoms with Crippen molar-refractivity contribution >= 4 is 40.0 Å². The van der Waals surface area contributed by atoms with Crippen molar-refractivity contribution in [2.75, 3.05) is 36.9 Å². The first kappa shape index (κ1) is 30.7. The van der Waals surface area contributed by atoms with E-state index in [0.29, 0.717) is 17.1 Å². The Labute approximate surface area is 256 Å². The molecule has 1 aliphatic rings. The number of carbonyl (C=O) groups excluding carboxylic acids is 1. The van der Waals surface area contributed by atoms with Crippen molar-refractivity contribution in [1.29, 1.82) is 0 Å². The number of nitrogens with zero attached hydrogens (tertiary/aromatic N) is 6.